The first-order chi connectivity index (χ1) is 8.93. The molecule has 0 saturated carbocycles. The normalized spacial score (nSPS) is 12.1. The van der Waals surface area contributed by atoms with Gasteiger partial charge in [-0.1, -0.05) is 6.58 Å². The van der Waals surface area contributed by atoms with E-state index in [-0.39, 0.29) is 5.57 Å². The fourth-order valence-electron chi connectivity index (χ4n) is 1.21. The van der Waals surface area contributed by atoms with Gasteiger partial charge in [0, 0.05) is 5.57 Å². The van der Waals surface area contributed by atoms with Crippen LogP contribution in [0, 0.1) is 0 Å². The number of benzene rings is 1. The van der Waals surface area contributed by atoms with Gasteiger partial charge in [-0.15, -0.1) is 0 Å². The molecule has 1 rings (SSSR count). The van der Waals surface area contributed by atoms with Crippen LogP contribution in [0.4, 0.5) is 13.2 Å². The summed E-state index contributed by atoms with van der Waals surface area (Å²) in [4.78, 5) is 9.87. The molecular weight excluding hydrogens is 301 g/mol. The van der Waals surface area contributed by atoms with Crippen LogP contribution in [0.5, 0.6) is 5.75 Å². The number of carbonyl (C=O) groups excluding carboxylic acids is 1. The van der Waals surface area contributed by atoms with Crippen molar-refractivity contribution in [3.8, 4) is 5.75 Å². The molecule has 5 nitrogen and oxygen atoms in total. The molecule has 0 spiro atoms. The third-order valence-electron chi connectivity index (χ3n) is 2.09. The number of hydrogen-bond donors (Lipinski definition) is 1. The minimum atomic E-state index is -5.06. The van der Waals surface area contributed by atoms with E-state index in [1.54, 1.807) is 0 Å². The van der Waals surface area contributed by atoms with Crippen molar-refractivity contribution < 1.29 is 35.7 Å². The Morgan fingerprint density at radius 3 is 2.30 bits per heavy atom. The van der Waals surface area contributed by atoms with Gasteiger partial charge < -0.3 is 4.74 Å². The first-order valence-electron chi connectivity index (χ1n) is 4.99. The zero-order valence-electron chi connectivity index (χ0n) is 10.1. The first kappa shape index (κ1) is 16.2. The molecule has 1 N–H and O–H groups in total. The molecule has 0 atom stereocenters. The van der Waals surface area contributed by atoms with Gasteiger partial charge >= 0.3 is 12.1 Å². The van der Waals surface area contributed by atoms with Crippen LogP contribution in [0.2, 0.25) is 0 Å². The second kappa shape index (κ2) is 5.25. The Morgan fingerprint density at radius 2 is 1.90 bits per heavy atom. The molecule has 110 valence electrons. The van der Waals surface area contributed by atoms with E-state index in [0.29, 0.717) is 12.1 Å². The van der Waals surface area contributed by atoms with Crippen LogP contribution in [0.3, 0.4) is 0 Å². The van der Waals surface area contributed by atoms with Crippen molar-refractivity contribution in [3.05, 3.63) is 35.9 Å². The smallest absolute Gasteiger partial charge is 0.417 e. The molecule has 0 aliphatic rings. The monoisotopic (exact) mass is 310 g/mol. The SMILES string of the molecule is C=C(C)C(=O)Oc1ccc(S(=O)(=O)O)c(C(F)(F)F)c1. The number of alkyl halides is 3. The van der Waals surface area contributed by atoms with Gasteiger partial charge in [-0.05, 0) is 25.1 Å². The average Bonchev–Trinajstić information content (AvgIpc) is 2.26. The van der Waals surface area contributed by atoms with Crippen molar-refractivity contribution in [2.75, 3.05) is 0 Å². The maximum absolute atomic E-state index is 12.7. The summed E-state index contributed by atoms with van der Waals surface area (Å²) in [7, 11) is -5.06. The molecule has 0 aliphatic carbocycles. The van der Waals surface area contributed by atoms with Crippen LogP contribution in [0.1, 0.15) is 12.5 Å². The Hall–Kier alpha value is -1.87. The van der Waals surface area contributed by atoms with Crippen LogP contribution >= 0.6 is 0 Å². The standard InChI is InChI=1S/C11H9F3O5S/c1-6(2)10(15)19-7-3-4-9(20(16,17)18)8(5-7)11(12,13)14/h3-5H,1H2,2H3,(H,16,17,18). The summed E-state index contributed by atoms with van der Waals surface area (Å²) in [6, 6.07) is 1.63. The third-order valence-corrected chi connectivity index (χ3v) is 3.01. The fraction of sp³-hybridized carbons (Fsp3) is 0.182. The van der Waals surface area contributed by atoms with E-state index in [9.17, 15) is 26.4 Å². The lowest BCUT2D eigenvalue weighted by Gasteiger charge is -2.12. The molecule has 20 heavy (non-hydrogen) atoms. The van der Waals surface area contributed by atoms with Gasteiger partial charge in [0.05, 0.1) is 5.56 Å². The Bertz CT molecular complexity index is 661. The molecule has 0 aliphatic heterocycles. The number of carbonyl (C=O) groups is 1. The Morgan fingerprint density at radius 1 is 1.35 bits per heavy atom. The number of rotatable bonds is 3. The molecule has 1 aromatic carbocycles. The number of hydrogen-bond acceptors (Lipinski definition) is 4. The van der Waals surface area contributed by atoms with E-state index in [2.05, 4.69) is 11.3 Å². The molecule has 0 radical (unpaired) electrons. The molecule has 0 unspecified atom stereocenters. The average molecular weight is 310 g/mol. The van der Waals surface area contributed by atoms with Crippen molar-refractivity contribution in [1.29, 1.82) is 0 Å². The molecule has 0 bridgehead atoms. The fourth-order valence-corrected chi connectivity index (χ4v) is 1.91. The van der Waals surface area contributed by atoms with Gasteiger partial charge in [-0.25, -0.2) is 4.79 Å². The summed E-state index contributed by atoms with van der Waals surface area (Å²) in [5, 5.41) is 0. The molecule has 0 saturated heterocycles. The summed E-state index contributed by atoms with van der Waals surface area (Å²) >= 11 is 0. The van der Waals surface area contributed by atoms with Gasteiger partial charge in [0.2, 0.25) is 0 Å². The summed E-state index contributed by atoms with van der Waals surface area (Å²) in [6.07, 6.45) is -5.04. The van der Waals surface area contributed by atoms with Crippen LogP contribution in [0.25, 0.3) is 0 Å². The van der Waals surface area contributed by atoms with E-state index in [0.717, 1.165) is 6.07 Å². The molecule has 0 heterocycles. The molecule has 0 aromatic heterocycles. The van der Waals surface area contributed by atoms with E-state index in [1.165, 1.54) is 6.92 Å². The summed E-state index contributed by atoms with van der Waals surface area (Å²) in [6.45, 7) is 4.54. The van der Waals surface area contributed by atoms with Crippen LogP contribution in [0.15, 0.2) is 35.2 Å². The summed E-state index contributed by atoms with van der Waals surface area (Å²) in [5.41, 5.74) is -1.68. The lowest BCUT2D eigenvalue weighted by atomic mass is 10.2. The topological polar surface area (TPSA) is 80.7 Å². The Balaban J connectivity index is 3.37. The molecular formula is C11H9F3O5S. The Labute approximate surface area is 112 Å². The first-order valence-corrected chi connectivity index (χ1v) is 6.43. The zero-order chi connectivity index (χ0) is 15.7. The molecule has 1 aromatic rings. The van der Waals surface area contributed by atoms with Crippen molar-refractivity contribution >= 4 is 16.1 Å². The summed E-state index contributed by atoms with van der Waals surface area (Å²) < 4.78 is 73.2. The van der Waals surface area contributed by atoms with Crippen LogP contribution in [-0.2, 0) is 21.1 Å². The number of ether oxygens (including phenoxy) is 1. The quantitative estimate of drug-likeness (QED) is 0.401. The highest BCUT2D eigenvalue weighted by Gasteiger charge is 2.37. The van der Waals surface area contributed by atoms with E-state index >= 15 is 0 Å². The number of esters is 1. The van der Waals surface area contributed by atoms with Crippen molar-refractivity contribution in [3.63, 3.8) is 0 Å². The van der Waals surface area contributed by atoms with Gasteiger partial charge in [0.25, 0.3) is 10.1 Å². The molecule has 9 heteroatoms. The largest absolute Gasteiger partial charge is 0.423 e. The Kier molecular flexibility index (Phi) is 4.25. The van der Waals surface area contributed by atoms with Gasteiger partial charge in [-0.2, -0.15) is 21.6 Å². The summed E-state index contributed by atoms with van der Waals surface area (Å²) in [5.74, 6) is -1.48. The maximum Gasteiger partial charge on any atom is 0.417 e. The predicted molar refractivity (Wildman–Crippen MR) is 61.7 cm³/mol. The molecule has 0 fully saturated rings. The van der Waals surface area contributed by atoms with E-state index in [4.69, 9.17) is 4.55 Å². The zero-order valence-corrected chi connectivity index (χ0v) is 10.9. The highest BCUT2D eigenvalue weighted by atomic mass is 32.2. The minimum Gasteiger partial charge on any atom is -0.423 e. The van der Waals surface area contributed by atoms with Crippen molar-refractivity contribution in [2.24, 2.45) is 0 Å². The number of halogens is 3. The minimum absolute atomic E-state index is 0.0441. The van der Waals surface area contributed by atoms with E-state index in [1.807, 2.05) is 0 Å². The highest BCUT2D eigenvalue weighted by molar-refractivity contribution is 7.85. The third kappa shape index (κ3) is 3.81. The van der Waals surface area contributed by atoms with Crippen LogP contribution < -0.4 is 4.74 Å². The predicted octanol–water partition coefficient (Wildman–Crippen LogP) is 2.43. The molecule has 0 amide bonds. The van der Waals surface area contributed by atoms with Crippen LogP contribution in [-0.4, -0.2) is 18.9 Å². The van der Waals surface area contributed by atoms with Crippen molar-refractivity contribution in [1.82, 2.24) is 0 Å². The van der Waals surface area contributed by atoms with Gasteiger partial charge in [0.15, 0.2) is 0 Å². The lowest BCUT2D eigenvalue weighted by Crippen LogP contribution is -2.14. The lowest BCUT2D eigenvalue weighted by molar-refractivity contribution is -0.140. The van der Waals surface area contributed by atoms with Crippen molar-refractivity contribution in [2.45, 2.75) is 18.0 Å². The second-order valence-electron chi connectivity index (χ2n) is 3.80. The highest BCUT2D eigenvalue weighted by Crippen LogP contribution is 2.36. The van der Waals surface area contributed by atoms with E-state index < -0.39 is 38.5 Å². The van der Waals surface area contributed by atoms with Gasteiger partial charge in [0.1, 0.15) is 10.6 Å². The second-order valence-corrected chi connectivity index (χ2v) is 5.19. The van der Waals surface area contributed by atoms with Gasteiger partial charge in [-0.3, -0.25) is 4.55 Å². The maximum atomic E-state index is 12.7.